The van der Waals surface area contributed by atoms with Crippen molar-refractivity contribution in [3.63, 3.8) is 0 Å². The van der Waals surface area contributed by atoms with E-state index in [9.17, 15) is 14.4 Å². The molecule has 3 rings (SSSR count). The molecule has 0 atom stereocenters. The summed E-state index contributed by atoms with van der Waals surface area (Å²) >= 11 is 0. The van der Waals surface area contributed by atoms with Gasteiger partial charge in [0.05, 0.1) is 18.8 Å². The normalized spacial score (nSPS) is 13.4. The fourth-order valence-corrected chi connectivity index (χ4v) is 2.99. The number of amides is 2. The minimum atomic E-state index is -0.629. The Balaban J connectivity index is 1.90. The number of nitrogens with zero attached hydrogens (tertiary/aromatic N) is 3. The highest BCUT2D eigenvalue weighted by Crippen LogP contribution is 2.31. The molecule has 1 N–H and O–H groups in total. The summed E-state index contributed by atoms with van der Waals surface area (Å²) in [5.41, 5.74) is 1.09. The van der Waals surface area contributed by atoms with Gasteiger partial charge in [-0.1, -0.05) is 32.0 Å². The van der Waals surface area contributed by atoms with Crippen molar-refractivity contribution in [3.8, 4) is 0 Å². The maximum absolute atomic E-state index is 12.6. The number of carbonyl (C=O) groups excluding carboxylic acids is 3. The molecule has 2 amide bonds. The summed E-state index contributed by atoms with van der Waals surface area (Å²) in [7, 11) is 0. The average molecular weight is 398 g/mol. The molecule has 0 bridgehead atoms. The Morgan fingerprint density at radius 3 is 2.34 bits per heavy atom. The number of ether oxygens (including phenoxy) is 1. The maximum Gasteiger partial charge on any atom is 0.410 e. The molecule has 29 heavy (non-hydrogen) atoms. The van der Waals surface area contributed by atoms with Gasteiger partial charge in [-0.2, -0.15) is 0 Å². The first-order chi connectivity index (χ1) is 13.6. The zero-order valence-electron chi connectivity index (χ0n) is 17.4. The third kappa shape index (κ3) is 4.47. The van der Waals surface area contributed by atoms with Gasteiger partial charge in [0.2, 0.25) is 5.91 Å². The van der Waals surface area contributed by atoms with Gasteiger partial charge in [0.25, 0.3) is 5.91 Å². The van der Waals surface area contributed by atoms with Gasteiger partial charge >= 0.3 is 6.09 Å². The van der Waals surface area contributed by atoms with Crippen LogP contribution in [-0.2, 0) is 17.8 Å². The van der Waals surface area contributed by atoms with Gasteiger partial charge in [-0.05, 0) is 32.9 Å². The quantitative estimate of drug-likeness (QED) is 0.851. The topological polar surface area (TPSA) is 93.5 Å². The van der Waals surface area contributed by atoms with Gasteiger partial charge in [-0.25, -0.2) is 9.48 Å². The first-order valence-corrected chi connectivity index (χ1v) is 9.56. The molecule has 0 aliphatic carbocycles. The van der Waals surface area contributed by atoms with Crippen LogP contribution in [0.3, 0.4) is 0 Å². The molecule has 2 heterocycles. The van der Waals surface area contributed by atoms with Gasteiger partial charge in [0.15, 0.2) is 5.82 Å². The highest BCUT2D eigenvalue weighted by atomic mass is 16.6. The van der Waals surface area contributed by atoms with Crippen molar-refractivity contribution < 1.29 is 19.1 Å². The predicted molar refractivity (Wildman–Crippen MR) is 108 cm³/mol. The predicted octanol–water partition coefficient (Wildman–Crippen LogP) is 3.68. The van der Waals surface area contributed by atoms with E-state index in [1.165, 1.54) is 9.58 Å². The van der Waals surface area contributed by atoms with Gasteiger partial charge in [-0.3, -0.25) is 14.5 Å². The highest BCUT2D eigenvalue weighted by Gasteiger charge is 2.35. The molecule has 1 aliphatic heterocycles. The Morgan fingerprint density at radius 2 is 1.76 bits per heavy atom. The number of anilines is 1. The van der Waals surface area contributed by atoms with Crippen molar-refractivity contribution in [1.29, 1.82) is 0 Å². The molecule has 0 spiro atoms. The number of rotatable bonds is 3. The van der Waals surface area contributed by atoms with Crippen molar-refractivity contribution in [2.24, 2.45) is 5.92 Å². The molecule has 1 aliphatic rings. The largest absolute Gasteiger partial charge is 0.444 e. The molecule has 0 fully saturated rings. The van der Waals surface area contributed by atoms with E-state index in [0.717, 1.165) is 0 Å². The van der Waals surface area contributed by atoms with Crippen LogP contribution in [0.4, 0.5) is 10.6 Å². The Labute approximate surface area is 169 Å². The van der Waals surface area contributed by atoms with Crippen LogP contribution >= 0.6 is 0 Å². The highest BCUT2D eigenvalue weighted by molar-refractivity contribution is 6.04. The SMILES string of the molecule is CC(C)C(=O)n1nc(NC(=O)c2ccccc2)c2c1CN(C(=O)OC(C)(C)C)C2. The van der Waals surface area contributed by atoms with Gasteiger partial charge in [-0.15, -0.1) is 5.10 Å². The lowest BCUT2D eigenvalue weighted by Gasteiger charge is -2.24. The lowest BCUT2D eigenvalue weighted by molar-refractivity contribution is 0.0237. The Bertz CT molecular complexity index is 942. The Hall–Kier alpha value is -3.16. The van der Waals surface area contributed by atoms with Crippen LogP contribution in [0.2, 0.25) is 0 Å². The first-order valence-electron chi connectivity index (χ1n) is 9.56. The smallest absolute Gasteiger partial charge is 0.410 e. The zero-order chi connectivity index (χ0) is 21.3. The summed E-state index contributed by atoms with van der Waals surface area (Å²) in [6, 6.07) is 8.75. The van der Waals surface area contributed by atoms with Gasteiger partial charge in [0.1, 0.15) is 5.60 Å². The molecule has 0 saturated carbocycles. The van der Waals surface area contributed by atoms with Crippen LogP contribution in [-0.4, -0.2) is 38.2 Å². The molecular formula is C21H26N4O4. The maximum atomic E-state index is 12.6. The second kappa shape index (κ2) is 7.69. The Kier molecular flexibility index (Phi) is 5.46. The second-order valence-electron chi connectivity index (χ2n) is 8.34. The van der Waals surface area contributed by atoms with Crippen LogP contribution < -0.4 is 5.32 Å². The van der Waals surface area contributed by atoms with Crippen molar-refractivity contribution in [3.05, 3.63) is 47.2 Å². The lowest BCUT2D eigenvalue weighted by atomic mass is 10.2. The fraction of sp³-hybridized carbons (Fsp3) is 0.429. The van der Waals surface area contributed by atoms with Crippen LogP contribution in [0, 0.1) is 5.92 Å². The van der Waals surface area contributed by atoms with E-state index in [1.54, 1.807) is 58.9 Å². The van der Waals surface area contributed by atoms with Crippen molar-refractivity contribution in [1.82, 2.24) is 14.7 Å². The molecule has 8 nitrogen and oxygen atoms in total. The van der Waals surface area contributed by atoms with Crippen LogP contribution in [0.25, 0.3) is 0 Å². The van der Waals surface area contributed by atoms with E-state index in [0.29, 0.717) is 16.8 Å². The molecule has 154 valence electrons. The molecule has 0 radical (unpaired) electrons. The standard InChI is InChI=1S/C21H26N4O4/c1-13(2)19(27)25-16-12-24(20(28)29-21(3,4)5)11-15(16)17(23-25)22-18(26)14-9-7-6-8-10-14/h6-10,13H,11-12H2,1-5H3,(H,22,23,26). The van der Waals surface area contributed by atoms with Crippen LogP contribution in [0.15, 0.2) is 30.3 Å². The second-order valence-corrected chi connectivity index (χ2v) is 8.34. The first kappa shape index (κ1) is 20.6. The summed E-state index contributed by atoms with van der Waals surface area (Å²) in [5.74, 6) is -0.528. The lowest BCUT2D eigenvalue weighted by Crippen LogP contribution is -2.34. The molecule has 0 unspecified atom stereocenters. The summed E-state index contributed by atoms with van der Waals surface area (Å²) in [5, 5.41) is 7.12. The molecule has 1 aromatic carbocycles. The minimum Gasteiger partial charge on any atom is -0.444 e. The van der Waals surface area contributed by atoms with Gasteiger partial charge in [0, 0.05) is 17.0 Å². The number of benzene rings is 1. The van der Waals surface area contributed by atoms with E-state index in [-0.39, 0.29) is 36.6 Å². The van der Waals surface area contributed by atoms with Crippen molar-refractivity contribution >= 4 is 23.7 Å². The van der Waals surface area contributed by atoms with Crippen LogP contribution in [0.5, 0.6) is 0 Å². The number of carbonyl (C=O) groups is 3. The fourth-order valence-electron chi connectivity index (χ4n) is 2.99. The minimum absolute atomic E-state index is 0.191. The summed E-state index contributed by atoms with van der Waals surface area (Å²) in [6.45, 7) is 9.34. The van der Waals surface area contributed by atoms with E-state index in [1.807, 2.05) is 6.07 Å². The molecule has 2 aromatic rings. The number of aromatic nitrogens is 2. The van der Waals surface area contributed by atoms with Crippen LogP contribution in [0.1, 0.15) is 61.0 Å². The third-order valence-electron chi connectivity index (χ3n) is 4.40. The van der Waals surface area contributed by atoms with E-state index >= 15 is 0 Å². The number of fused-ring (bicyclic) bond motifs is 1. The monoisotopic (exact) mass is 398 g/mol. The van der Waals surface area contributed by atoms with E-state index < -0.39 is 11.7 Å². The summed E-state index contributed by atoms with van der Waals surface area (Å²) < 4.78 is 6.74. The van der Waals surface area contributed by atoms with E-state index in [4.69, 9.17) is 4.74 Å². The van der Waals surface area contributed by atoms with Crippen molar-refractivity contribution in [2.45, 2.75) is 53.3 Å². The third-order valence-corrected chi connectivity index (χ3v) is 4.40. The Morgan fingerprint density at radius 1 is 1.10 bits per heavy atom. The molecule has 1 aromatic heterocycles. The summed E-state index contributed by atoms with van der Waals surface area (Å²) in [4.78, 5) is 39.2. The molecule has 0 saturated heterocycles. The van der Waals surface area contributed by atoms with Crippen molar-refractivity contribution in [2.75, 3.05) is 5.32 Å². The zero-order valence-corrected chi connectivity index (χ0v) is 17.4. The molecular weight excluding hydrogens is 372 g/mol. The average Bonchev–Trinajstić information content (AvgIpc) is 3.21. The van der Waals surface area contributed by atoms with Gasteiger partial charge < -0.3 is 10.1 Å². The number of nitrogens with one attached hydrogen (secondary N) is 1. The molecule has 8 heteroatoms. The number of hydrogen-bond donors (Lipinski definition) is 1. The number of hydrogen-bond acceptors (Lipinski definition) is 5. The summed E-state index contributed by atoms with van der Waals surface area (Å²) in [6.07, 6.45) is -0.474. The van der Waals surface area contributed by atoms with E-state index in [2.05, 4.69) is 10.4 Å².